The lowest BCUT2D eigenvalue weighted by atomic mass is 9.77. The van der Waals surface area contributed by atoms with Crippen molar-refractivity contribution in [2.24, 2.45) is 0 Å². The fraction of sp³-hybridized carbons (Fsp3) is 0.0909. The molecule has 1 aromatic carbocycles. The van der Waals surface area contributed by atoms with E-state index < -0.39 is 7.12 Å². The number of aromatic nitrogens is 1. The van der Waals surface area contributed by atoms with Gasteiger partial charge in [0.2, 0.25) is 0 Å². The van der Waals surface area contributed by atoms with Gasteiger partial charge < -0.3 is 14.6 Å². The molecule has 1 heterocycles. The first-order valence-corrected chi connectivity index (χ1v) is 4.82. The first kappa shape index (κ1) is 10.0. The van der Waals surface area contributed by atoms with Crippen LogP contribution in [0, 0.1) is 0 Å². The van der Waals surface area contributed by atoms with Gasteiger partial charge >= 0.3 is 7.12 Å². The van der Waals surface area contributed by atoms with Crippen molar-refractivity contribution in [1.82, 2.24) is 4.57 Å². The highest BCUT2D eigenvalue weighted by Gasteiger charge is 2.14. The van der Waals surface area contributed by atoms with Crippen LogP contribution in [0.25, 0.3) is 0 Å². The highest BCUT2D eigenvalue weighted by atomic mass is 16.4. The van der Waals surface area contributed by atoms with E-state index in [4.69, 9.17) is 0 Å². The van der Waals surface area contributed by atoms with E-state index in [0.29, 0.717) is 12.0 Å². The van der Waals surface area contributed by atoms with Gasteiger partial charge in [0.15, 0.2) is 0 Å². The van der Waals surface area contributed by atoms with Gasteiger partial charge in [-0.15, -0.1) is 0 Å². The molecule has 0 saturated carbocycles. The van der Waals surface area contributed by atoms with E-state index in [0.717, 1.165) is 5.56 Å². The summed E-state index contributed by atoms with van der Waals surface area (Å²) in [5.74, 6) is 0. The van der Waals surface area contributed by atoms with Gasteiger partial charge in [-0.1, -0.05) is 24.3 Å². The van der Waals surface area contributed by atoms with Gasteiger partial charge in [-0.3, -0.25) is 0 Å². The van der Waals surface area contributed by atoms with Crippen LogP contribution in [-0.2, 0) is 6.54 Å². The zero-order valence-corrected chi connectivity index (χ0v) is 8.24. The quantitative estimate of drug-likeness (QED) is 0.697. The number of hydrogen-bond acceptors (Lipinski definition) is 2. The van der Waals surface area contributed by atoms with Crippen LogP contribution in [0.15, 0.2) is 48.8 Å². The molecule has 0 aliphatic heterocycles. The Kier molecular flexibility index (Phi) is 2.90. The summed E-state index contributed by atoms with van der Waals surface area (Å²) >= 11 is 0. The van der Waals surface area contributed by atoms with Crippen LogP contribution in [0.3, 0.4) is 0 Å². The van der Waals surface area contributed by atoms with Gasteiger partial charge in [0, 0.05) is 18.9 Å². The number of benzene rings is 1. The Morgan fingerprint density at radius 2 is 1.67 bits per heavy atom. The van der Waals surface area contributed by atoms with Crippen LogP contribution >= 0.6 is 0 Å². The molecular weight excluding hydrogens is 189 g/mol. The second-order valence-corrected chi connectivity index (χ2v) is 3.43. The molecule has 0 atom stereocenters. The average molecular weight is 201 g/mol. The molecule has 0 amide bonds. The fourth-order valence-corrected chi connectivity index (χ4v) is 1.60. The van der Waals surface area contributed by atoms with Gasteiger partial charge in [-0.25, -0.2) is 0 Å². The van der Waals surface area contributed by atoms with E-state index in [1.807, 2.05) is 41.2 Å². The zero-order chi connectivity index (χ0) is 10.7. The summed E-state index contributed by atoms with van der Waals surface area (Å²) in [6.45, 7) is 0.654. The molecule has 0 unspecified atom stereocenters. The molecule has 0 aliphatic carbocycles. The lowest BCUT2D eigenvalue weighted by Gasteiger charge is -2.09. The summed E-state index contributed by atoms with van der Waals surface area (Å²) in [6.07, 6.45) is 3.89. The summed E-state index contributed by atoms with van der Waals surface area (Å²) in [7, 11) is -1.41. The molecule has 15 heavy (non-hydrogen) atoms. The minimum absolute atomic E-state index is 0.561. The van der Waals surface area contributed by atoms with E-state index in [-0.39, 0.29) is 0 Å². The Hall–Kier alpha value is -1.52. The van der Waals surface area contributed by atoms with Crippen molar-refractivity contribution in [1.29, 1.82) is 0 Å². The molecule has 4 heteroatoms. The summed E-state index contributed by atoms with van der Waals surface area (Å²) in [5.41, 5.74) is 1.48. The van der Waals surface area contributed by atoms with Crippen molar-refractivity contribution >= 4 is 12.6 Å². The molecule has 1 aromatic heterocycles. The number of hydrogen-bond donors (Lipinski definition) is 2. The number of nitrogens with zero attached hydrogens (tertiary/aromatic N) is 1. The van der Waals surface area contributed by atoms with Crippen LogP contribution < -0.4 is 5.46 Å². The summed E-state index contributed by atoms with van der Waals surface area (Å²) in [5, 5.41) is 18.4. The third-order valence-electron chi connectivity index (χ3n) is 2.35. The molecule has 0 bridgehead atoms. The third-order valence-corrected chi connectivity index (χ3v) is 2.35. The number of rotatable bonds is 3. The fourth-order valence-electron chi connectivity index (χ4n) is 1.60. The van der Waals surface area contributed by atoms with E-state index in [9.17, 15) is 10.0 Å². The van der Waals surface area contributed by atoms with Crippen molar-refractivity contribution in [3.05, 3.63) is 54.4 Å². The first-order valence-electron chi connectivity index (χ1n) is 4.82. The van der Waals surface area contributed by atoms with Crippen molar-refractivity contribution in [3.8, 4) is 0 Å². The van der Waals surface area contributed by atoms with Gasteiger partial charge in [-0.05, 0) is 23.2 Å². The Morgan fingerprint density at radius 3 is 2.33 bits per heavy atom. The molecule has 0 radical (unpaired) electrons. The van der Waals surface area contributed by atoms with Gasteiger partial charge in [0.25, 0.3) is 0 Å². The zero-order valence-electron chi connectivity index (χ0n) is 8.24. The van der Waals surface area contributed by atoms with Crippen molar-refractivity contribution in [2.75, 3.05) is 0 Å². The molecule has 0 spiro atoms. The summed E-state index contributed by atoms with van der Waals surface area (Å²) in [4.78, 5) is 0. The Balaban J connectivity index is 2.28. The van der Waals surface area contributed by atoms with Crippen LogP contribution in [0.1, 0.15) is 5.56 Å². The topological polar surface area (TPSA) is 45.4 Å². The highest BCUT2D eigenvalue weighted by Crippen LogP contribution is 2.01. The van der Waals surface area contributed by atoms with Crippen molar-refractivity contribution in [2.45, 2.75) is 6.54 Å². The van der Waals surface area contributed by atoms with E-state index in [2.05, 4.69) is 0 Å². The van der Waals surface area contributed by atoms with Crippen LogP contribution in [-0.4, -0.2) is 21.7 Å². The SMILES string of the molecule is OB(O)c1ccccc1Cn1cccc1. The Bertz CT molecular complexity index is 426. The summed E-state index contributed by atoms with van der Waals surface area (Å²) < 4.78 is 1.99. The molecule has 2 aromatic rings. The van der Waals surface area contributed by atoms with Crippen LogP contribution in [0.2, 0.25) is 0 Å². The van der Waals surface area contributed by atoms with Gasteiger partial charge in [-0.2, -0.15) is 0 Å². The lowest BCUT2D eigenvalue weighted by Crippen LogP contribution is -2.33. The van der Waals surface area contributed by atoms with E-state index in [1.54, 1.807) is 12.1 Å². The molecular formula is C11H12BNO2. The minimum atomic E-state index is -1.41. The predicted molar refractivity (Wildman–Crippen MR) is 59.8 cm³/mol. The van der Waals surface area contributed by atoms with E-state index in [1.165, 1.54) is 0 Å². The molecule has 76 valence electrons. The largest absolute Gasteiger partial charge is 0.488 e. The maximum absolute atomic E-state index is 9.18. The Labute approximate surface area is 88.8 Å². The van der Waals surface area contributed by atoms with Gasteiger partial charge in [0.1, 0.15) is 0 Å². The second-order valence-electron chi connectivity index (χ2n) is 3.43. The lowest BCUT2D eigenvalue weighted by molar-refractivity contribution is 0.425. The highest BCUT2D eigenvalue weighted by molar-refractivity contribution is 6.59. The Morgan fingerprint density at radius 1 is 1.00 bits per heavy atom. The first-order chi connectivity index (χ1) is 7.27. The maximum Gasteiger partial charge on any atom is 0.488 e. The third kappa shape index (κ3) is 2.29. The van der Waals surface area contributed by atoms with Crippen molar-refractivity contribution in [3.63, 3.8) is 0 Å². The second kappa shape index (κ2) is 4.34. The monoisotopic (exact) mass is 201 g/mol. The maximum atomic E-state index is 9.18. The van der Waals surface area contributed by atoms with Crippen LogP contribution in [0.4, 0.5) is 0 Å². The smallest absolute Gasteiger partial charge is 0.423 e. The molecule has 2 N–H and O–H groups in total. The summed E-state index contributed by atoms with van der Waals surface area (Å²) in [6, 6.07) is 11.2. The minimum Gasteiger partial charge on any atom is -0.423 e. The van der Waals surface area contributed by atoms with Gasteiger partial charge in [0.05, 0.1) is 0 Å². The van der Waals surface area contributed by atoms with Crippen LogP contribution in [0.5, 0.6) is 0 Å². The molecule has 0 saturated heterocycles. The standard InChI is InChI=1S/C11H12BNO2/c14-12(15)11-6-2-1-5-10(11)9-13-7-3-4-8-13/h1-8,14-15H,9H2. The molecule has 3 nitrogen and oxygen atoms in total. The molecule has 0 aliphatic rings. The molecule has 0 fully saturated rings. The predicted octanol–water partition coefficient (Wildman–Crippen LogP) is 0.216. The molecule has 2 rings (SSSR count). The van der Waals surface area contributed by atoms with Crippen molar-refractivity contribution < 1.29 is 10.0 Å². The average Bonchev–Trinajstić information content (AvgIpc) is 2.71. The van der Waals surface area contributed by atoms with E-state index >= 15 is 0 Å². The normalized spacial score (nSPS) is 10.3.